The van der Waals surface area contributed by atoms with Gasteiger partial charge in [-0.25, -0.2) is 9.78 Å². The molecule has 2 N–H and O–H groups in total. The molecule has 0 radical (unpaired) electrons. The Kier molecular flexibility index (Phi) is 3.90. The van der Waals surface area contributed by atoms with E-state index in [2.05, 4.69) is 20.7 Å². The number of pyridine rings is 1. The van der Waals surface area contributed by atoms with Gasteiger partial charge >= 0.3 is 6.03 Å². The van der Waals surface area contributed by atoms with Crippen LogP contribution >= 0.6 is 0 Å². The number of urea groups is 1. The van der Waals surface area contributed by atoms with Crippen LogP contribution in [0.25, 0.3) is 0 Å². The van der Waals surface area contributed by atoms with E-state index in [0.29, 0.717) is 12.4 Å². The molecular weight excluding hydrogens is 230 g/mol. The van der Waals surface area contributed by atoms with Crippen molar-refractivity contribution in [2.45, 2.75) is 19.5 Å². The molecule has 0 aliphatic carbocycles. The molecule has 0 spiro atoms. The number of carbonyl (C=O) groups is 1. The van der Waals surface area contributed by atoms with Gasteiger partial charge in [0.2, 0.25) is 0 Å². The van der Waals surface area contributed by atoms with Crippen LogP contribution in [0, 0.1) is 0 Å². The topological polar surface area (TPSA) is 71.8 Å². The Bertz CT molecular complexity index is 482. The molecule has 0 aromatic carbocycles. The van der Waals surface area contributed by atoms with E-state index in [0.717, 1.165) is 0 Å². The van der Waals surface area contributed by atoms with E-state index in [1.54, 1.807) is 29.2 Å². The first kappa shape index (κ1) is 12.1. The Morgan fingerprint density at radius 2 is 2.28 bits per heavy atom. The summed E-state index contributed by atoms with van der Waals surface area (Å²) >= 11 is 0. The Balaban J connectivity index is 1.80. The summed E-state index contributed by atoms with van der Waals surface area (Å²) in [6.07, 6.45) is 5.19. The van der Waals surface area contributed by atoms with Crippen molar-refractivity contribution < 1.29 is 4.79 Å². The number of rotatable bonds is 4. The maximum absolute atomic E-state index is 11.7. The van der Waals surface area contributed by atoms with Crippen LogP contribution in [0.15, 0.2) is 42.9 Å². The third-order valence-electron chi connectivity index (χ3n) is 2.30. The SMILES string of the molecule is C[C@@H](Cn1cccn1)NC(=O)Nc1ccccn1. The van der Waals surface area contributed by atoms with Crippen LogP contribution in [-0.4, -0.2) is 26.8 Å². The van der Waals surface area contributed by atoms with Crippen molar-refractivity contribution in [3.63, 3.8) is 0 Å². The summed E-state index contributed by atoms with van der Waals surface area (Å²) in [7, 11) is 0. The number of aromatic nitrogens is 3. The lowest BCUT2D eigenvalue weighted by Crippen LogP contribution is -2.38. The van der Waals surface area contributed by atoms with Crippen LogP contribution < -0.4 is 10.6 Å². The molecule has 0 fully saturated rings. The standard InChI is InChI=1S/C12H15N5O/c1-10(9-17-8-4-7-14-17)15-12(18)16-11-5-2-3-6-13-11/h2-8,10H,9H2,1H3,(H2,13,15,16,18)/t10-/m0/s1. The Hall–Kier alpha value is -2.37. The van der Waals surface area contributed by atoms with Gasteiger partial charge in [0.15, 0.2) is 0 Å². The summed E-state index contributed by atoms with van der Waals surface area (Å²) < 4.78 is 1.77. The Morgan fingerprint density at radius 3 is 2.94 bits per heavy atom. The van der Waals surface area contributed by atoms with Crippen molar-refractivity contribution in [3.8, 4) is 0 Å². The van der Waals surface area contributed by atoms with Crippen LogP contribution in [0.2, 0.25) is 0 Å². The highest BCUT2D eigenvalue weighted by molar-refractivity contribution is 5.88. The molecule has 2 aromatic rings. The number of hydrogen-bond donors (Lipinski definition) is 2. The molecule has 0 saturated carbocycles. The van der Waals surface area contributed by atoms with Gasteiger partial charge in [0.1, 0.15) is 5.82 Å². The van der Waals surface area contributed by atoms with E-state index >= 15 is 0 Å². The van der Waals surface area contributed by atoms with Gasteiger partial charge in [-0.15, -0.1) is 0 Å². The fourth-order valence-corrected chi connectivity index (χ4v) is 1.55. The molecule has 0 aliphatic rings. The predicted molar refractivity (Wildman–Crippen MR) is 68.1 cm³/mol. The Labute approximate surface area is 105 Å². The van der Waals surface area contributed by atoms with Crippen molar-refractivity contribution in [2.75, 3.05) is 5.32 Å². The molecule has 94 valence electrons. The second-order valence-corrected chi connectivity index (χ2v) is 3.94. The number of hydrogen-bond acceptors (Lipinski definition) is 3. The largest absolute Gasteiger partial charge is 0.334 e. The highest BCUT2D eigenvalue weighted by atomic mass is 16.2. The molecule has 2 amide bonds. The number of amides is 2. The molecule has 2 heterocycles. The molecule has 2 rings (SSSR count). The zero-order valence-corrected chi connectivity index (χ0v) is 10.1. The van der Waals surface area contributed by atoms with Gasteiger partial charge in [0.05, 0.1) is 6.54 Å². The molecule has 0 bridgehead atoms. The van der Waals surface area contributed by atoms with Crippen molar-refractivity contribution in [1.29, 1.82) is 0 Å². The molecule has 0 unspecified atom stereocenters. The second kappa shape index (κ2) is 5.81. The van der Waals surface area contributed by atoms with Gasteiger partial charge in [-0.3, -0.25) is 10.00 Å². The molecule has 0 aliphatic heterocycles. The van der Waals surface area contributed by atoms with Gasteiger partial charge < -0.3 is 5.32 Å². The van der Waals surface area contributed by atoms with E-state index < -0.39 is 0 Å². The Morgan fingerprint density at radius 1 is 1.39 bits per heavy atom. The summed E-state index contributed by atoms with van der Waals surface area (Å²) in [5, 5.41) is 9.56. The van der Waals surface area contributed by atoms with Crippen LogP contribution in [0.4, 0.5) is 10.6 Å². The molecule has 2 aromatic heterocycles. The van der Waals surface area contributed by atoms with E-state index in [9.17, 15) is 4.79 Å². The van der Waals surface area contributed by atoms with Crippen LogP contribution in [-0.2, 0) is 6.54 Å². The molecule has 6 nitrogen and oxygen atoms in total. The maximum Gasteiger partial charge on any atom is 0.320 e. The lowest BCUT2D eigenvalue weighted by atomic mass is 10.3. The van der Waals surface area contributed by atoms with Crippen molar-refractivity contribution >= 4 is 11.8 Å². The highest BCUT2D eigenvalue weighted by Gasteiger charge is 2.08. The molecular formula is C12H15N5O. The quantitative estimate of drug-likeness (QED) is 0.857. The van der Waals surface area contributed by atoms with Crippen LogP contribution in [0.3, 0.4) is 0 Å². The first-order valence-corrected chi connectivity index (χ1v) is 5.70. The second-order valence-electron chi connectivity index (χ2n) is 3.94. The van der Waals surface area contributed by atoms with Crippen LogP contribution in [0.5, 0.6) is 0 Å². The first-order valence-electron chi connectivity index (χ1n) is 5.70. The monoisotopic (exact) mass is 245 g/mol. The minimum Gasteiger partial charge on any atom is -0.334 e. The fourth-order valence-electron chi connectivity index (χ4n) is 1.55. The summed E-state index contributed by atoms with van der Waals surface area (Å²) in [5.41, 5.74) is 0. The lowest BCUT2D eigenvalue weighted by Gasteiger charge is -2.14. The summed E-state index contributed by atoms with van der Waals surface area (Å²) in [6, 6.07) is 6.90. The molecule has 6 heteroatoms. The van der Waals surface area contributed by atoms with E-state index in [1.807, 2.05) is 25.3 Å². The number of carbonyl (C=O) groups excluding carboxylic acids is 1. The molecule has 1 atom stereocenters. The summed E-state index contributed by atoms with van der Waals surface area (Å²) in [5.74, 6) is 0.529. The third kappa shape index (κ3) is 3.58. The van der Waals surface area contributed by atoms with Gasteiger partial charge in [-0.1, -0.05) is 6.07 Å². The fraction of sp³-hybridized carbons (Fsp3) is 0.250. The van der Waals surface area contributed by atoms with Crippen molar-refractivity contribution in [1.82, 2.24) is 20.1 Å². The van der Waals surface area contributed by atoms with Gasteiger partial charge in [0.25, 0.3) is 0 Å². The third-order valence-corrected chi connectivity index (χ3v) is 2.30. The van der Waals surface area contributed by atoms with Gasteiger partial charge in [0, 0.05) is 24.6 Å². The smallest absolute Gasteiger partial charge is 0.320 e. The van der Waals surface area contributed by atoms with Gasteiger partial charge in [-0.05, 0) is 25.1 Å². The normalized spacial score (nSPS) is 11.8. The molecule has 18 heavy (non-hydrogen) atoms. The number of nitrogens with zero attached hydrogens (tertiary/aromatic N) is 3. The van der Waals surface area contributed by atoms with Crippen molar-refractivity contribution in [3.05, 3.63) is 42.9 Å². The minimum atomic E-state index is -0.270. The summed E-state index contributed by atoms with van der Waals surface area (Å²) in [6.45, 7) is 2.54. The van der Waals surface area contributed by atoms with Crippen LogP contribution in [0.1, 0.15) is 6.92 Å². The van der Waals surface area contributed by atoms with Gasteiger partial charge in [-0.2, -0.15) is 5.10 Å². The molecule has 0 saturated heterocycles. The van der Waals surface area contributed by atoms with E-state index in [1.165, 1.54) is 0 Å². The van der Waals surface area contributed by atoms with Crippen molar-refractivity contribution in [2.24, 2.45) is 0 Å². The first-order chi connectivity index (χ1) is 8.74. The predicted octanol–water partition coefficient (Wildman–Crippen LogP) is 1.49. The lowest BCUT2D eigenvalue weighted by molar-refractivity contribution is 0.247. The maximum atomic E-state index is 11.7. The van der Waals surface area contributed by atoms with E-state index in [4.69, 9.17) is 0 Å². The number of anilines is 1. The minimum absolute atomic E-state index is 0.0198. The highest BCUT2D eigenvalue weighted by Crippen LogP contribution is 1.99. The zero-order chi connectivity index (χ0) is 12.8. The average molecular weight is 245 g/mol. The summed E-state index contributed by atoms with van der Waals surface area (Å²) in [4.78, 5) is 15.7. The number of nitrogens with one attached hydrogen (secondary N) is 2. The van der Waals surface area contributed by atoms with E-state index in [-0.39, 0.29) is 12.1 Å². The zero-order valence-electron chi connectivity index (χ0n) is 10.1. The average Bonchev–Trinajstić information content (AvgIpc) is 2.82.